The third kappa shape index (κ3) is 3.54. The Labute approximate surface area is 133 Å². The quantitative estimate of drug-likeness (QED) is 0.754. The van der Waals surface area contributed by atoms with Crippen molar-refractivity contribution in [1.29, 1.82) is 0 Å². The number of rotatable bonds is 2. The fourth-order valence-electron chi connectivity index (χ4n) is 2.53. The molecule has 1 saturated heterocycles. The number of morpholine rings is 1. The molecular formula is C15H19BrClNO2. The average molecular weight is 361 g/mol. The van der Waals surface area contributed by atoms with Crippen LogP contribution in [0.3, 0.4) is 0 Å². The molecule has 5 heteroatoms. The Morgan fingerprint density at radius 1 is 1.55 bits per heavy atom. The van der Waals surface area contributed by atoms with E-state index in [0.29, 0.717) is 19.0 Å². The van der Waals surface area contributed by atoms with Crippen LogP contribution in [0.25, 0.3) is 0 Å². The average Bonchev–Trinajstić information content (AvgIpc) is 2.38. The van der Waals surface area contributed by atoms with Crippen molar-refractivity contribution in [3.05, 3.63) is 33.8 Å². The maximum Gasteiger partial charge on any atom is 0.254 e. The van der Waals surface area contributed by atoms with Gasteiger partial charge in [0.15, 0.2) is 0 Å². The number of hydrogen-bond donors (Lipinski definition) is 0. The Morgan fingerprint density at radius 2 is 2.25 bits per heavy atom. The van der Waals surface area contributed by atoms with Gasteiger partial charge in [0.25, 0.3) is 5.91 Å². The lowest BCUT2D eigenvalue weighted by atomic mass is 10.0. The van der Waals surface area contributed by atoms with Crippen LogP contribution in [0.2, 0.25) is 0 Å². The summed E-state index contributed by atoms with van der Waals surface area (Å²) in [4.78, 5) is 14.6. The van der Waals surface area contributed by atoms with Crippen LogP contribution >= 0.6 is 27.5 Å². The predicted molar refractivity (Wildman–Crippen MR) is 84.5 cm³/mol. The zero-order valence-corrected chi connectivity index (χ0v) is 14.3. The molecule has 1 unspecified atom stereocenters. The van der Waals surface area contributed by atoms with E-state index in [0.717, 1.165) is 15.6 Å². The molecule has 1 fully saturated rings. The van der Waals surface area contributed by atoms with Gasteiger partial charge in [0, 0.05) is 23.1 Å². The Balaban J connectivity index is 2.25. The summed E-state index contributed by atoms with van der Waals surface area (Å²) < 4.78 is 6.77. The SMILES string of the molecule is Cc1ccc(Br)cc1C(=O)N1CC(CCl)OC(C)(C)C1. The zero-order valence-electron chi connectivity index (χ0n) is 12.0. The summed E-state index contributed by atoms with van der Waals surface area (Å²) >= 11 is 9.33. The van der Waals surface area contributed by atoms with Gasteiger partial charge >= 0.3 is 0 Å². The van der Waals surface area contributed by atoms with Crippen LogP contribution in [-0.2, 0) is 4.74 Å². The highest BCUT2D eigenvalue weighted by Gasteiger charge is 2.35. The number of aryl methyl sites for hydroxylation is 1. The van der Waals surface area contributed by atoms with Crippen molar-refractivity contribution < 1.29 is 9.53 Å². The first-order chi connectivity index (χ1) is 9.32. The number of carbonyl (C=O) groups is 1. The van der Waals surface area contributed by atoms with Gasteiger partial charge in [-0.3, -0.25) is 4.79 Å². The van der Waals surface area contributed by atoms with Crippen molar-refractivity contribution in [2.24, 2.45) is 0 Å². The largest absolute Gasteiger partial charge is 0.367 e. The first-order valence-corrected chi connectivity index (χ1v) is 7.94. The number of benzene rings is 1. The lowest BCUT2D eigenvalue weighted by Crippen LogP contribution is -2.55. The molecular weight excluding hydrogens is 342 g/mol. The van der Waals surface area contributed by atoms with E-state index in [1.807, 2.05) is 43.9 Å². The summed E-state index contributed by atoms with van der Waals surface area (Å²) in [6.45, 7) is 7.03. The Kier molecular flexibility index (Phi) is 4.77. The smallest absolute Gasteiger partial charge is 0.254 e. The molecule has 1 aromatic rings. The number of hydrogen-bond acceptors (Lipinski definition) is 2. The van der Waals surface area contributed by atoms with Crippen LogP contribution < -0.4 is 0 Å². The van der Waals surface area contributed by atoms with Crippen LogP contribution in [0.5, 0.6) is 0 Å². The molecule has 1 aliphatic rings. The van der Waals surface area contributed by atoms with E-state index in [4.69, 9.17) is 16.3 Å². The molecule has 1 aromatic carbocycles. The molecule has 110 valence electrons. The first kappa shape index (κ1) is 15.8. The third-order valence-electron chi connectivity index (χ3n) is 3.37. The van der Waals surface area contributed by atoms with E-state index in [1.165, 1.54) is 0 Å². The summed E-state index contributed by atoms with van der Waals surface area (Å²) in [6, 6.07) is 5.76. The minimum atomic E-state index is -0.368. The maximum atomic E-state index is 12.7. The minimum absolute atomic E-state index is 0.0373. The van der Waals surface area contributed by atoms with Crippen molar-refractivity contribution in [2.45, 2.75) is 32.5 Å². The molecule has 0 radical (unpaired) electrons. The molecule has 0 aromatic heterocycles. The highest BCUT2D eigenvalue weighted by Crippen LogP contribution is 2.25. The van der Waals surface area contributed by atoms with Crippen LogP contribution in [-0.4, -0.2) is 41.5 Å². The summed E-state index contributed by atoms with van der Waals surface area (Å²) in [7, 11) is 0. The second kappa shape index (κ2) is 6.04. The van der Waals surface area contributed by atoms with Crippen LogP contribution in [0.1, 0.15) is 29.8 Å². The highest BCUT2D eigenvalue weighted by atomic mass is 79.9. The molecule has 0 N–H and O–H groups in total. The van der Waals surface area contributed by atoms with Gasteiger partial charge in [-0.05, 0) is 38.5 Å². The standard InChI is InChI=1S/C15H19BrClNO2/c1-10-4-5-11(16)6-13(10)14(19)18-8-12(7-17)20-15(2,3)9-18/h4-6,12H,7-9H2,1-3H3. The maximum absolute atomic E-state index is 12.7. The lowest BCUT2D eigenvalue weighted by Gasteiger charge is -2.42. The van der Waals surface area contributed by atoms with Crippen LogP contribution in [0.4, 0.5) is 0 Å². The van der Waals surface area contributed by atoms with Gasteiger partial charge < -0.3 is 9.64 Å². The second-order valence-corrected chi connectivity index (χ2v) is 7.02. The third-order valence-corrected chi connectivity index (χ3v) is 4.21. The highest BCUT2D eigenvalue weighted by molar-refractivity contribution is 9.10. The molecule has 20 heavy (non-hydrogen) atoms. The number of carbonyl (C=O) groups excluding carboxylic acids is 1. The Hall–Kier alpha value is -0.580. The molecule has 0 spiro atoms. The number of halogens is 2. The number of nitrogens with zero attached hydrogens (tertiary/aromatic N) is 1. The first-order valence-electron chi connectivity index (χ1n) is 6.61. The topological polar surface area (TPSA) is 29.5 Å². The second-order valence-electron chi connectivity index (χ2n) is 5.80. The summed E-state index contributed by atoms with van der Waals surface area (Å²) in [5.41, 5.74) is 1.34. The molecule has 1 amide bonds. The van der Waals surface area contributed by atoms with E-state index >= 15 is 0 Å². The monoisotopic (exact) mass is 359 g/mol. The molecule has 1 aliphatic heterocycles. The predicted octanol–water partition coefficient (Wildman–Crippen LogP) is 3.62. The molecule has 0 saturated carbocycles. The molecule has 0 aliphatic carbocycles. The molecule has 2 rings (SSSR count). The Bertz CT molecular complexity index is 519. The van der Waals surface area contributed by atoms with Crippen LogP contribution in [0, 0.1) is 6.92 Å². The molecule has 0 bridgehead atoms. The molecule has 1 heterocycles. The van der Waals surface area contributed by atoms with E-state index in [1.54, 1.807) is 0 Å². The fraction of sp³-hybridized carbons (Fsp3) is 0.533. The van der Waals surface area contributed by atoms with Crippen molar-refractivity contribution in [1.82, 2.24) is 4.90 Å². The number of amides is 1. The summed E-state index contributed by atoms with van der Waals surface area (Å²) in [5, 5.41) is 0. The molecule has 1 atom stereocenters. The van der Waals surface area contributed by atoms with Crippen molar-refractivity contribution in [2.75, 3.05) is 19.0 Å². The van der Waals surface area contributed by atoms with Crippen LogP contribution in [0.15, 0.2) is 22.7 Å². The summed E-state index contributed by atoms with van der Waals surface area (Å²) in [6.07, 6.45) is -0.114. The van der Waals surface area contributed by atoms with Gasteiger partial charge in [-0.25, -0.2) is 0 Å². The van der Waals surface area contributed by atoms with Gasteiger partial charge in [0.2, 0.25) is 0 Å². The van der Waals surface area contributed by atoms with Crippen molar-refractivity contribution in [3.8, 4) is 0 Å². The van der Waals surface area contributed by atoms with Gasteiger partial charge in [-0.2, -0.15) is 0 Å². The van der Waals surface area contributed by atoms with Gasteiger partial charge in [-0.1, -0.05) is 22.0 Å². The van der Waals surface area contributed by atoms with Crippen molar-refractivity contribution in [3.63, 3.8) is 0 Å². The number of ether oxygens (including phenoxy) is 1. The fourth-order valence-corrected chi connectivity index (χ4v) is 3.05. The summed E-state index contributed by atoms with van der Waals surface area (Å²) in [5.74, 6) is 0.431. The lowest BCUT2D eigenvalue weighted by molar-refractivity contribution is -0.117. The van der Waals surface area contributed by atoms with Gasteiger partial charge in [-0.15, -0.1) is 11.6 Å². The minimum Gasteiger partial charge on any atom is -0.367 e. The molecule has 3 nitrogen and oxygen atoms in total. The van der Waals surface area contributed by atoms with E-state index in [2.05, 4.69) is 15.9 Å². The Morgan fingerprint density at radius 3 is 2.90 bits per heavy atom. The van der Waals surface area contributed by atoms with Gasteiger partial charge in [0.1, 0.15) is 0 Å². The van der Waals surface area contributed by atoms with E-state index in [-0.39, 0.29) is 17.6 Å². The van der Waals surface area contributed by atoms with Crippen molar-refractivity contribution >= 4 is 33.4 Å². The normalized spacial score (nSPS) is 21.9. The van der Waals surface area contributed by atoms with E-state index < -0.39 is 0 Å². The van der Waals surface area contributed by atoms with E-state index in [9.17, 15) is 4.79 Å². The number of alkyl halides is 1. The zero-order chi connectivity index (χ0) is 14.9. The van der Waals surface area contributed by atoms with Gasteiger partial charge in [0.05, 0.1) is 17.6 Å².